The minimum Gasteiger partial charge on any atom is -0.383 e. The zero-order chi connectivity index (χ0) is 14.6. The van der Waals surface area contributed by atoms with Crippen LogP contribution < -0.4 is 11.1 Å². The fourth-order valence-corrected chi connectivity index (χ4v) is 2.73. The number of aliphatic imine (C=N–C) groups is 1. The summed E-state index contributed by atoms with van der Waals surface area (Å²) >= 11 is 3.53. The summed E-state index contributed by atoms with van der Waals surface area (Å²) in [5.41, 5.74) is 7.44. The lowest BCUT2D eigenvalue weighted by Gasteiger charge is -2.16. The van der Waals surface area contributed by atoms with Crippen LogP contribution in [0.3, 0.4) is 0 Å². The quantitative estimate of drug-likeness (QED) is 0.384. The highest BCUT2D eigenvalue weighted by Gasteiger charge is 2.44. The molecule has 2 rings (SSSR count). The summed E-state index contributed by atoms with van der Waals surface area (Å²) in [7, 11) is 1.68. The highest BCUT2D eigenvalue weighted by Crippen LogP contribution is 2.48. The summed E-state index contributed by atoms with van der Waals surface area (Å²) in [4.78, 5) is 4.50. The second-order valence-electron chi connectivity index (χ2n) is 5.49. The first-order valence-corrected chi connectivity index (χ1v) is 7.66. The molecule has 0 spiro atoms. The van der Waals surface area contributed by atoms with Gasteiger partial charge in [0.25, 0.3) is 0 Å². The van der Waals surface area contributed by atoms with Crippen molar-refractivity contribution in [1.82, 2.24) is 5.32 Å². The van der Waals surface area contributed by atoms with Crippen molar-refractivity contribution in [3.63, 3.8) is 0 Å². The van der Waals surface area contributed by atoms with Crippen LogP contribution >= 0.6 is 39.9 Å². The lowest BCUT2D eigenvalue weighted by molar-refractivity contribution is 0.179. The molecular weight excluding hydrogens is 445 g/mol. The number of guanidine groups is 1. The number of methoxy groups -OCH3 is 1. The zero-order valence-corrected chi connectivity index (χ0v) is 16.4. The number of halogens is 2. The molecule has 0 aliphatic heterocycles. The number of benzene rings is 1. The Morgan fingerprint density at radius 3 is 2.81 bits per heavy atom. The van der Waals surface area contributed by atoms with Crippen molar-refractivity contribution in [3.05, 3.63) is 34.3 Å². The first-order chi connectivity index (χ1) is 9.55. The number of hydrogen-bond acceptors (Lipinski definition) is 2. The Morgan fingerprint density at radius 1 is 1.52 bits per heavy atom. The third-order valence-electron chi connectivity index (χ3n) is 3.65. The molecule has 1 saturated carbocycles. The lowest BCUT2D eigenvalue weighted by Crippen LogP contribution is -2.41. The average molecular weight is 468 g/mol. The Labute approximate surface area is 152 Å². The van der Waals surface area contributed by atoms with Gasteiger partial charge in [-0.05, 0) is 37.5 Å². The number of nitrogens with two attached hydrogens (primary N) is 1. The van der Waals surface area contributed by atoms with Crippen LogP contribution in [-0.2, 0) is 10.2 Å². The Morgan fingerprint density at radius 2 is 2.24 bits per heavy atom. The Hall–Kier alpha value is -0.340. The molecule has 0 bridgehead atoms. The van der Waals surface area contributed by atoms with Crippen molar-refractivity contribution in [2.45, 2.75) is 31.2 Å². The predicted octanol–water partition coefficient (Wildman–Crippen LogP) is 3.04. The maximum absolute atomic E-state index is 5.92. The lowest BCUT2D eigenvalue weighted by atomic mass is 9.96. The first kappa shape index (κ1) is 18.7. The number of nitrogens with zero attached hydrogens (tertiary/aromatic N) is 1. The van der Waals surface area contributed by atoms with Crippen LogP contribution in [0.1, 0.15) is 25.3 Å². The summed E-state index contributed by atoms with van der Waals surface area (Å²) in [5, 5.41) is 3.14. The molecule has 1 atom stereocenters. The minimum absolute atomic E-state index is 0. The summed E-state index contributed by atoms with van der Waals surface area (Å²) in [6.07, 6.45) is 2.35. The van der Waals surface area contributed by atoms with Gasteiger partial charge in [0.1, 0.15) is 0 Å². The Balaban J connectivity index is 0.00000220. The van der Waals surface area contributed by atoms with Crippen LogP contribution in [-0.4, -0.2) is 32.3 Å². The summed E-state index contributed by atoms with van der Waals surface area (Å²) in [5.74, 6) is 0.496. The van der Waals surface area contributed by atoms with Gasteiger partial charge in [0.05, 0.1) is 13.2 Å². The fourth-order valence-electron chi connectivity index (χ4n) is 2.33. The van der Waals surface area contributed by atoms with Crippen LogP contribution in [0.25, 0.3) is 0 Å². The highest BCUT2D eigenvalue weighted by atomic mass is 127. The molecule has 118 valence electrons. The monoisotopic (exact) mass is 467 g/mol. The van der Waals surface area contributed by atoms with E-state index in [1.54, 1.807) is 7.11 Å². The van der Waals surface area contributed by atoms with E-state index in [0.29, 0.717) is 12.6 Å². The van der Waals surface area contributed by atoms with E-state index < -0.39 is 0 Å². The van der Waals surface area contributed by atoms with Gasteiger partial charge < -0.3 is 15.8 Å². The van der Waals surface area contributed by atoms with Crippen molar-refractivity contribution >= 4 is 45.9 Å². The molecule has 1 aromatic rings. The van der Waals surface area contributed by atoms with E-state index in [9.17, 15) is 0 Å². The van der Waals surface area contributed by atoms with Gasteiger partial charge in [0.15, 0.2) is 5.96 Å². The largest absolute Gasteiger partial charge is 0.383 e. The smallest absolute Gasteiger partial charge is 0.188 e. The molecule has 0 radical (unpaired) electrons. The van der Waals surface area contributed by atoms with Gasteiger partial charge >= 0.3 is 0 Å². The number of rotatable bonds is 6. The van der Waals surface area contributed by atoms with Crippen molar-refractivity contribution in [2.75, 3.05) is 20.3 Å². The number of ether oxygens (including phenoxy) is 1. The maximum atomic E-state index is 5.92. The van der Waals surface area contributed by atoms with Crippen LogP contribution in [0.5, 0.6) is 0 Å². The van der Waals surface area contributed by atoms with Gasteiger partial charge in [0, 0.05) is 23.0 Å². The number of nitrogens with one attached hydrogen (secondary N) is 1. The second kappa shape index (κ2) is 8.33. The van der Waals surface area contributed by atoms with Crippen molar-refractivity contribution in [2.24, 2.45) is 10.7 Å². The average Bonchev–Trinajstić information content (AvgIpc) is 3.18. The van der Waals surface area contributed by atoms with Gasteiger partial charge in [-0.2, -0.15) is 0 Å². The molecule has 3 N–H and O–H groups in total. The van der Waals surface area contributed by atoms with E-state index in [1.165, 1.54) is 18.4 Å². The van der Waals surface area contributed by atoms with Gasteiger partial charge in [-0.25, -0.2) is 0 Å². The molecule has 0 aromatic heterocycles. The van der Waals surface area contributed by atoms with E-state index >= 15 is 0 Å². The normalized spacial score (nSPS) is 17.8. The second-order valence-corrected chi connectivity index (χ2v) is 6.41. The van der Waals surface area contributed by atoms with E-state index in [-0.39, 0.29) is 35.4 Å². The van der Waals surface area contributed by atoms with E-state index in [0.717, 1.165) is 11.0 Å². The summed E-state index contributed by atoms with van der Waals surface area (Å²) in [6, 6.07) is 8.64. The topological polar surface area (TPSA) is 59.6 Å². The summed E-state index contributed by atoms with van der Waals surface area (Å²) in [6.45, 7) is 3.38. The Kier molecular flexibility index (Phi) is 7.42. The van der Waals surface area contributed by atoms with E-state index in [2.05, 4.69) is 44.4 Å². The van der Waals surface area contributed by atoms with Crippen molar-refractivity contribution < 1.29 is 4.74 Å². The molecule has 1 fully saturated rings. The third kappa shape index (κ3) is 5.41. The molecule has 0 saturated heterocycles. The van der Waals surface area contributed by atoms with Gasteiger partial charge in [0.2, 0.25) is 0 Å². The molecule has 0 amide bonds. The van der Waals surface area contributed by atoms with Gasteiger partial charge in [-0.15, -0.1) is 24.0 Å². The molecule has 4 nitrogen and oxygen atoms in total. The molecule has 6 heteroatoms. The third-order valence-corrected chi connectivity index (χ3v) is 4.15. The first-order valence-electron chi connectivity index (χ1n) is 6.87. The SMILES string of the molecule is COCC(C)NC(N)=NCC1(c2cccc(Br)c2)CC1.I. The van der Waals surface area contributed by atoms with Crippen molar-refractivity contribution in [1.29, 1.82) is 0 Å². The molecular formula is C15H23BrIN3O. The van der Waals surface area contributed by atoms with Crippen LogP contribution in [0.4, 0.5) is 0 Å². The Bertz CT molecular complexity index is 492. The standard InChI is InChI=1S/C15H22BrN3O.HI/c1-11(9-20-2)19-14(17)18-10-15(6-7-15)12-4-3-5-13(16)8-12;/h3-5,8,11H,6-7,9-10H2,1-2H3,(H3,17,18,19);1H. The summed E-state index contributed by atoms with van der Waals surface area (Å²) < 4.78 is 6.18. The van der Waals surface area contributed by atoms with Gasteiger partial charge in [-0.3, -0.25) is 4.99 Å². The predicted molar refractivity (Wildman–Crippen MR) is 101 cm³/mol. The fraction of sp³-hybridized carbons (Fsp3) is 0.533. The zero-order valence-electron chi connectivity index (χ0n) is 12.4. The van der Waals surface area contributed by atoms with Crippen LogP contribution in [0.15, 0.2) is 33.7 Å². The molecule has 21 heavy (non-hydrogen) atoms. The molecule has 1 unspecified atom stereocenters. The highest BCUT2D eigenvalue weighted by molar-refractivity contribution is 14.0. The minimum atomic E-state index is 0. The van der Waals surface area contributed by atoms with Gasteiger partial charge in [-0.1, -0.05) is 28.1 Å². The molecule has 1 aliphatic carbocycles. The molecule has 1 aliphatic rings. The van der Waals surface area contributed by atoms with Crippen LogP contribution in [0.2, 0.25) is 0 Å². The number of hydrogen-bond donors (Lipinski definition) is 2. The molecule has 1 aromatic carbocycles. The van der Waals surface area contributed by atoms with Crippen LogP contribution in [0, 0.1) is 0 Å². The van der Waals surface area contributed by atoms with Crippen molar-refractivity contribution in [3.8, 4) is 0 Å². The van der Waals surface area contributed by atoms with E-state index in [1.807, 2.05) is 13.0 Å². The maximum Gasteiger partial charge on any atom is 0.188 e. The molecule has 0 heterocycles. The van der Waals surface area contributed by atoms with E-state index in [4.69, 9.17) is 10.5 Å².